The number of nitrogens with zero attached hydrogens (tertiary/aromatic N) is 5. The van der Waals surface area contributed by atoms with Gasteiger partial charge < -0.3 is 4.57 Å². The summed E-state index contributed by atoms with van der Waals surface area (Å²) in [6, 6.07) is 50.5. The third-order valence-electron chi connectivity index (χ3n) is 8.76. The van der Waals surface area contributed by atoms with Crippen molar-refractivity contribution in [1.82, 2.24) is 24.5 Å². The monoisotopic (exact) mass is 679 g/mol. The van der Waals surface area contributed by atoms with Crippen LogP contribution in [0.25, 0.3) is 83.6 Å². The van der Waals surface area contributed by atoms with Gasteiger partial charge in [0.2, 0.25) is 0 Å². The number of pyridine rings is 1. The van der Waals surface area contributed by atoms with Crippen molar-refractivity contribution in [2.45, 2.75) is 0 Å². The Bertz CT molecular complexity index is 2570. The Balaban J connectivity index is 1.23. The van der Waals surface area contributed by atoms with E-state index in [9.17, 15) is 0 Å². The van der Waals surface area contributed by atoms with E-state index in [4.69, 9.17) is 15.0 Å². The van der Waals surface area contributed by atoms with Crippen LogP contribution >= 0.6 is 15.9 Å². The van der Waals surface area contributed by atoms with Crippen LogP contribution in [0.4, 0.5) is 0 Å². The van der Waals surface area contributed by atoms with Crippen molar-refractivity contribution in [3.05, 3.63) is 162 Å². The number of aromatic nitrogens is 5. The first-order valence-corrected chi connectivity index (χ1v) is 16.5. The van der Waals surface area contributed by atoms with Crippen LogP contribution in [0.5, 0.6) is 0 Å². The van der Waals surface area contributed by atoms with Crippen LogP contribution in [0.3, 0.4) is 0 Å². The van der Waals surface area contributed by atoms with Crippen LogP contribution in [0, 0.1) is 0 Å². The van der Waals surface area contributed by atoms with Gasteiger partial charge in [0.15, 0.2) is 17.5 Å². The highest BCUT2D eigenvalue weighted by Crippen LogP contribution is 2.35. The summed E-state index contributed by atoms with van der Waals surface area (Å²) in [4.78, 5) is 19.5. The van der Waals surface area contributed by atoms with Gasteiger partial charge in [0.25, 0.3) is 0 Å². The molecule has 0 saturated carbocycles. The predicted molar refractivity (Wildman–Crippen MR) is 199 cm³/mol. The number of para-hydroxylation sites is 2. The molecule has 6 heteroatoms. The Labute approximate surface area is 285 Å². The van der Waals surface area contributed by atoms with Gasteiger partial charge in [0, 0.05) is 50.0 Å². The molecule has 0 amide bonds. The van der Waals surface area contributed by atoms with E-state index in [1.807, 2.05) is 12.3 Å². The standard InChI is InChI=1S/C42H26BrN5/c43-34-23-33(24-35(25-34)48-38-13-5-3-11-36(38)37-12-4-6-14-39(37)48)42-46-40(29-18-15-28(16-19-29)32-10-7-21-44-26-32)45-41(47-42)31-20-17-27-8-1-2-9-30(27)22-31/h1-26H. The van der Waals surface area contributed by atoms with Gasteiger partial charge in [-0.25, -0.2) is 15.0 Å². The molecule has 0 aliphatic rings. The summed E-state index contributed by atoms with van der Waals surface area (Å²) in [5, 5.41) is 4.73. The third-order valence-corrected chi connectivity index (χ3v) is 9.22. The van der Waals surface area contributed by atoms with Crippen molar-refractivity contribution >= 4 is 48.5 Å². The molecule has 5 nitrogen and oxygen atoms in total. The van der Waals surface area contributed by atoms with Crippen LogP contribution in [-0.2, 0) is 0 Å². The largest absolute Gasteiger partial charge is 0.309 e. The lowest BCUT2D eigenvalue weighted by atomic mass is 10.0. The molecule has 0 aliphatic carbocycles. The van der Waals surface area contributed by atoms with Crippen LogP contribution in [0.2, 0.25) is 0 Å². The molecule has 6 aromatic carbocycles. The smallest absolute Gasteiger partial charge is 0.164 e. The first-order chi connectivity index (χ1) is 23.7. The molecule has 0 unspecified atom stereocenters. The van der Waals surface area contributed by atoms with Gasteiger partial charge in [-0.3, -0.25) is 4.98 Å². The lowest BCUT2D eigenvalue weighted by Crippen LogP contribution is -2.01. The lowest BCUT2D eigenvalue weighted by Gasteiger charge is -2.13. The van der Waals surface area contributed by atoms with E-state index in [2.05, 4.69) is 165 Å². The van der Waals surface area contributed by atoms with E-state index in [-0.39, 0.29) is 0 Å². The quantitative estimate of drug-likeness (QED) is 0.182. The summed E-state index contributed by atoms with van der Waals surface area (Å²) >= 11 is 3.82. The number of hydrogen-bond donors (Lipinski definition) is 0. The van der Waals surface area contributed by atoms with Crippen LogP contribution in [0.1, 0.15) is 0 Å². The van der Waals surface area contributed by atoms with Crippen molar-refractivity contribution in [3.63, 3.8) is 0 Å². The molecule has 0 atom stereocenters. The van der Waals surface area contributed by atoms with Crippen LogP contribution < -0.4 is 0 Å². The SMILES string of the molecule is Brc1cc(-c2nc(-c3ccc(-c4cccnc4)cc3)nc(-c3ccc4ccccc4c3)n2)cc(-n2c3ccccc3c3ccccc32)c1. The summed E-state index contributed by atoms with van der Waals surface area (Å²) < 4.78 is 3.24. The second-order valence-electron chi connectivity index (χ2n) is 11.8. The van der Waals surface area contributed by atoms with Crippen LogP contribution in [-0.4, -0.2) is 24.5 Å². The Morgan fingerprint density at radius 2 is 1.04 bits per heavy atom. The van der Waals surface area contributed by atoms with E-state index in [0.29, 0.717) is 17.5 Å². The van der Waals surface area contributed by atoms with Gasteiger partial charge in [-0.2, -0.15) is 0 Å². The van der Waals surface area contributed by atoms with Crippen molar-refractivity contribution in [2.75, 3.05) is 0 Å². The van der Waals surface area contributed by atoms with Gasteiger partial charge >= 0.3 is 0 Å². The summed E-state index contributed by atoms with van der Waals surface area (Å²) in [7, 11) is 0. The van der Waals surface area contributed by atoms with Gasteiger partial charge in [0.05, 0.1) is 11.0 Å². The molecule has 0 bridgehead atoms. The summed E-state index contributed by atoms with van der Waals surface area (Å²) in [5.74, 6) is 1.83. The van der Waals surface area contributed by atoms with E-state index < -0.39 is 0 Å². The number of hydrogen-bond acceptors (Lipinski definition) is 4. The molecule has 3 heterocycles. The molecule has 0 radical (unpaired) electrons. The molecule has 226 valence electrons. The number of rotatable bonds is 5. The second-order valence-corrected chi connectivity index (χ2v) is 12.7. The Kier molecular flexibility index (Phi) is 6.87. The first kappa shape index (κ1) is 28.3. The molecule has 3 aromatic heterocycles. The van der Waals surface area contributed by atoms with E-state index in [1.165, 1.54) is 16.2 Å². The first-order valence-electron chi connectivity index (χ1n) is 15.7. The molecular formula is C42H26BrN5. The number of halogens is 1. The summed E-state index contributed by atoms with van der Waals surface area (Å²) in [6.07, 6.45) is 3.66. The number of fused-ring (bicyclic) bond motifs is 4. The van der Waals surface area contributed by atoms with Crippen molar-refractivity contribution < 1.29 is 0 Å². The minimum absolute atomic E-state index is 0.600. The van der Waals surface area contributed by atoms with Crippen LogP contribution in [0.15, 0.2) is 162 Å². The average molecular weight is 681 g/mol. The Hall–Kier alpha value is -5.98. The molecular weight excluding hydrogens is 654 g/mol. The van der Waals surface area contributed by atoms with E-state index >= 15 is 0 Å². The highest BCUT2D eigenvalue weighted by Gasteiger charge is 2.17. The van der Waals surface area contributed by atoms with E-state index in [1.54, 1.807) is 6.20 Å². The number of benzene rings is 6. The minimum atomic E-state index is 0.600. The Morgan fingerprint density at radius 1 is 0.438 bits per heavy atom. The van der Waals surface area contributed by atoms with Gasteiger partial charge in [0.1, 0.15) is 0 Å². The molecule has 0 spiro atoms. The summed E-state index contributed by atoms with van der Waals surface area (Å²) in [5.41, 5.74) is 8.18. The zero-order valence-corrected chi connectivity index (χ0v) is 27.2. The maximum absolute atomic E-state index is 5.10. The average Bonchev–Trinajstić information content (AvgIpc) is 3.49. The molecule has 48 heavy (non-hydrogen) atoms. The topological polar surface area (TPSA) is 56.5 Å². The third kappa shape index (κ3) is 5.03. The fourth-order valence-electron chi connectivity index (χ4n) is 6.47. The molecule has 0 saturated heterocycles. The lowest BCUT2D eigenvalue weighted by molar-refractivity contribution is 1.07. The Morgan fingerprint density at radius 3 is 1.75 bits per heavy atom. The van der Waals surface area contributed by atoms with Crippen molar-refractivity contribution in [2.24, 2.45) is 0 Å². The zero-order chi connectivity index (χ0) is 32.0. The highest BCUT2D eigenvalue weighted by atomic mass is 79.9. The minimum Gasteiger partial charge on any atom is -0.309 e. The molecule has 9 aromatic rings. The van der Waals surface area contributed by atoms with Crippen molar-refractivity contribution in [3.8, 4) is 51.0 Å². The molecule has 0 aliphatic heterocycles. The second kappa shape index (κ2) is 11.7. The fraction of sp³-hybridized carbons (Fsp3) is 0. The van der Waals surface area contributed by atoms with Crippen molar-refractivity contribution in [1.29, 1.82) is 0 Å². The molecule has 0 N–H and O–H groups in total. The normalized spacial score (nSPS) is 11.4. The zero-order valence-electron chi connectivity index (χ0n) is 25.6. The highest BCUT2D eigenvalue weighted by molar-refractivity contribution is 9.10. The van der Waals surface area contributed by atoms with Gasteiger partial charge in [-0.05, 0) is 64.4 Å². The molecule has 0 fully saturated rings. The van der Waals surface area contributed by atoms with Gasteiger partial charge in [-0.1, -0.05) is 119 Å². The fourth-order valence-corrected chi connectivity index (χ4v) is 6.95. The predicted octanol–water partition coefficient (Wildman–Crippen LogP) is 10.9. The van der Waals surface area contributed by atoms with Gasteiger partial charge in [-0.15, -0.1) is 0 Å². The maximum atomic E-state index is 5.10. The summed E-state index contributed by atoms with van der Waals surface area (Å²) in [6.45, 7) is 0. The van der Waals surface area contributed by atoms with E-state index in [0.717, 1.165) is 54.4 Å². The molecule has 9 rings (SSSR count). The maximum Gasteiger partial charge on any atom is 0.164 e.